The highest BCUT2D eigenvalue weighted by Crippen LogP contribution is 2.30. The fourth-order valence-electron chi connectivity index (χ4n) is 3.05. The number of fused-ring (bicyclic) bond motifs is 1. The van der Waals surface area contributed by atoms with Gasteiger partial charge in [-0.1, -0.05) is 30.3 Å². The van der Waals surface area contributed by atoms with E-state index in [0.29, 0.717) is 11.6 Å². The summed E-state index contributed by atoms with van der Waals surface area (Å²) in [6.45, 7) is 0. The van der Waals surface area contributed by atoms with Crippen molar-refractivity contribution in [1.29, 1.82) is 0 Å². The zero-order valence-electron chi connectivity index (χ0n) is 13.6. The SMILES string of the molecule is O=C(Nc1nc2c(s1)CCCC2)C(Cc1ccccc1)n1cnnn1. The van der Waals surface area contributed by atoms with E-state index in [1.165, 1.54) is 28.7 Å². The molecule has 25 heavy (non-hydrogen) atoms. The fourth-order valence-corrected chi connectivity index (χ4v) is 4.10. The molecule has 1 atom stereocenters. The number of rotatable bonds is 5. The van der Waals surface area contributed by atoms with Crippen LogP contribution in [0.2, 0.25) is 0 Å². The van der Waals surface area contributed by atoms with Crippen LogP contribution in [-0.4, -0.2) is 31.1 Å². The Morgan fingerprint density at radius 2 is 2.08 bits per heavy atom. The zero-order chi connectivity index (χ0) is 17.1. The minimum Gasteiger partial charge on any atom is -0.300 e. The minimum atomic E-state index is -0.515. The molecule has 0 radical (unpaired) electrons. The van der Waals surface area contributed by atoms with Crippen molar-refractivity contribution in [2.45, 2.75) is 38.1 Å². The maximum atomic E-state index is 12.9. The molecule has 1 N–H and O–H groups in total. The van der Waals surface area contributed by atoms with Gasteiger partial charge in [-0.05, 0) is 41.7 Å². The second-order valence-corrected chi connectivity index (χ2v) is 7.16. The average molecular weight is 354 g/mol. The van der Waals surface area contributed by atoms with E-state index in [0.717, 1.165) is 24.1 Å². The smallest absolute Gasteiger partial charge is 0.251 e. The van der Waals surface area contributed by atoms with Gasteiger partial charge in [0.15, 0.2) is 5.13 Å². The van der Waals surface area contributed by atoms with Gasteiger partial charge in [-0.3, -0.25) is 4.79 Å². The topological polar surface area (TPSA) is 85.6 Å². The molecule has 1 aromatic carbocycles. The van der Waals surface area contributed by atoms with Crippen LogP contribution in [0.25, 0.3) is 0 Å². The summed E-state index contributed by atoms with van der Waals surface area (Å²) >= 11 is 1.58. The van der Waals surface area contributed by atoms with Crippen LogP contribution in [0.5, 0.6) is 0 Å². The molecule has 0 spiro atoms. The van der Waals surface area contributed by atoms with Crippen molar-refractivity contribution < 1.29 is 4.79 Å². The Balaban J connectivity index is 1.54. The molecule has 2 heterocycles. The Bertz CT molecular complexity index is 822. The van der Waals surface area contributed by atoms with E-state index in [9.17, 15) is 4.79 Å². The first-order valence-electron chi connectivity index (χ1n) is 8.35. The molecule has 2 aromatic heterocycles. The number of aryl methyl sites for hydroxylation is 2. The Morgan fingerprint density at radius 3 is 2.84 bits per heavy atom. The van der Waals surface area contributed by atoms with Crippen LogP contribution in [0.3, 0.4) is 0 Å². The first kappa shape index (κ1) is 15.9. The third-order valence-corrected chi connectivity index (χ3v) is 5.41. The molecule has 1 amide bonds. The van der Waals surface area contributed by atoms with Crippen LogP contribution in [0.15, 0.2) is 36.7 Å². The highest BCUT2D eigenvalue weighted by Gasteiger charge is 2.24. The van der Waals surface area contributed by atoms with Gasteiger partial charge in [-0.2, -0.15) is 0 Å². The molecule has 3 aromatic rings. The summed E-state index contributed by atoms with van der Waals surface area (Å²) in [7, 11) is 0. The predicted molar refractivity (Wildman–Crippen MR) is 94.4 cm³/mol. The van der Waals surface area contributed by atoms with Gasteiger partial charge in [0.25, 0.3) is 5.91 Å². The summed E-state index contributed by atoms with van der Waals surface area (Å²) in [5.41, 5.74) is 2.19. The molecule has 7 nitrogen and oxygen atoms in total. The number of benzene rings is 1. The standard InChI is InChI=1S/C17H18N6OS/c24-16(20-17-19-13-8-4-5-9-15(13)25-17)14(23-11-18-21-22-23)10-12-6-2-1-3-7-12/h1-3,6-7,11,14H,4-5,8-10H2,(H,19,20,24). The molecule has 8 heteroatoms. The van der Waals surface area contributed by atoms with Gasteiger partial charge in [0, 0.05) is 11.3 Å². The van der Waals surface area contributed by atoms with E-state index in [-0.39, 0.29) is 5.91 Å². The van der Waals surface area contributed by atoms with Crippen molar-refractivity contribution >= 4 is 22.4 Å². The molecular weight excluding hydrogens is 336 g/mol. The van der Waals surface area contributed by atoms with Crippen molar-refractivity contribution in [2.24, 2.45) is 0 Å². The summed E-state index contributed by atoms with van der Waals surface area (Å²) < 4.78 is 1.50. The Morgan fingerprint density at radius 1 is 1.24 bits per heavy atom. The Kier molecular flexibility index (Phi) is 4.51. The van der Waals surface area contributed by atoms with Gasteiger partial charge in [0.1, 0.15) is 12.4 Å². The minimum absolute atomic E-state index is 0.151. The van der Waals surface area contributed by atoms with Crippen molar-refractivity contribution in [3.8, 4) is 0 Å². The van der Waals surface area contributed by atoms with Gasteiger partial charge in [-0.15, -0.1) is 16.4 Å². The lowest BCUT2D eigenvalue weighted by Crippen LogP contribution is -2.28. The normalized spacial score (nSPS) is 14.7. The highest BCUT2D eigenvalue weighted by atomic mass is 32.1. The third-order valence-electron chi connectivity index (χ3n) is 4.33. The first-order valence-corrected chi connectivity index (χ1v) is 9.17. The van der Waals surface area contributed by atoms with Gasteiger partial charge in [0.2, 0.25) is 0 Å². The molecule has 0 bridgehead atoms. The number of nitrogens with one attached hydrogen (secondary N) is 1. The number of aromatic nitrogens is 5. The van der Waals surface area contributed by atoms with Crippen molar-refractivity contribution in [2.75, 3.05) is 5.32 Å². The van der Waals surface area contributed by atoms with E-state index in [2.05, 4.69) is 25.8 Å². The molecule has 0 fully saturated rings. The lowest BCUT2D eigenvalue weighted by atomic mass is 10.0. The third kappa shape index (κ3) is 3.58. The molecule has 0 aliphatic heterocycles. The number of hydrogen-bond acceptors (Lipinski definition) is 6. The monoisotopic (exact) mass is 354 g/mol. The predicted octanol–water partition coefficient (Wildman–Crippen LogP) is 2.43. The molecular formula is C17H18N6OS. The Labute approximate surface area is 149 Å². The lowest BCUT2D eigenvalue weighted by Gasteiger charge is -2.15. The second kappa shape index (κ2) is 7.10. The van der Waals surface area contributed by atoms with Crippen molar-refractivity contribution in [1.82, 2.24) is 25.2 Å². The van der Waals surface area contributed by atoms with Crippen molar-refractivity contribution in [3.05, 3.63) is 52.8 Å². The summed E-state index contributed by atoms with van der Waals surface area (Å²) in [6, 6.07) is 9.34. The number of carbonyl (C=O) groups is 1. The van der Waals surface area contributed by atoms with E-state index < -0.39 is 6.04 Å². The molecule has 1 aliphatic carbocycles. The lowest BCUT2D eigenvalue weighted by molar-refractivity contribution is -0.119. The average Bonchev–Trinajstić information content (AvgIpc) is 3.29. The zero-order valence-corrected chi connectivity index (χ0v) is 14.4. The van der Waals surface area contributed by atoms with Crippen LogP contribution in [0.1, 0.15) is 35.0 Å². The first-order chi connectivity index (χ1) is 12.3. The maximum absolute atomic E-state index is 12.9. The second-order valence-electron chi connectivity index (χ2n) is 6.08. The van der Waals surface area contributed by atoms with Gasteiger partial charge in [-0.25, -0.2) is 9.67 Å². The summed E-state index contributed by atoms with van der Waals surface area (Å²) in [6.07, 6.45) is 6.42. The van der Waals surface area contributed by atoms with E-state index in [4.69, 9.17) is 0 Å². The van der Waals surface area contributed by atoms with Crippen LogP contribution in [0.4, 0.5) is 5.13 Å². The van der Waals surface area contributed by atoms with Gasteiger partial charge >= 0.3 is 0 Å². The number of amides is 1. The number of anilines is 1. The Hall–Kier alpha value is -2.61. The molecule has 128 valence electrons. The van der Waals surface area contributed by atoms with Crippen LogP contribution >= 0.6 is 11.3 Å². The highest BCUT2D eigenvalue weighted by molar-refractivity contribution is 7.15. The van der Waals surface area contributed by atoms with Crippen molar-refractivity contribution in [3.63, 3.8) is 0 Å². The van der Waals surface area contributed by atoms with Gasteiger partial charge in [0.05, 0.1) is 5.69 Å². The number of nitrogens with zero attached hydrogens (tertiary/aromatic N) is 5. The van der Waals surface area contributed by atoms with E-state index in [1.807, 2.05) is 30.3 Å². The molecule has 0 saturated carbocycles. The maximum Gasteiger partial charge on any atom is 0.251 e. The van der Waals surface area contributed by atoms with E-state index in [1.54, 1.807) is 11.3 Å². The molecule has 0 saturated heterocycles. The van der Waals surface area contributed by atoms with Crippen LogP contribution < -0.4 is 5.32 Å². The van der Waals surface area contributed by atoms with Crippen LogP contribution in [0, 0.1) is 0 Å². The van der Waals surface area contributed by atoms with Crippen LogP contribution in [-0.2, 0) is 24.1 Å². The number of hydrogen-bond donors (Lipinski definition) is 1. The summed E-state index contributed by atoms with van der Waals surface area (Å²) in [4.78, 5) is 18.7. The summed E-state index contributed by atoms with van der Waals surface area (Å²) in [5.74, 6) is -0.151. The van der Waals surface area contributed by atoms with E-state index >= 15 is 0 Å². The quantitative estimate of drug-likeness (QED) is 0.760. The van der Waals surface area contributed by atoms with Gasteiger partial charge < -0.3 is 5.32 Å². The fraction of sp³-hybridized carbons (Fsp3) is 0.353. The molecule has 4 rings (SSSR count). The molecule has 1 aliphatic rings. The summed E-state index contributed by atoms with van der Waals surface area (Å²) in [5, 5.41) is 14.9. The largest absolute Gasteiger partial charge is 0.300 e. The number of thiazole rings is 1. The number of tetrazole rings is 1. The molecule has 1 unspecified atom stereocenters. The number of carbonyl (C=O) groups excluding carboxylic acids is 1.